The summed E-state index contributed by atoms with van der Waals surface area (Å²) in [5.74, 6) is 0. The minimum absolute atomic E-state index is 0. The fourth-order valence-corrected chi connectivity index (χ4v) is 3.96. The maximum atomic E-state index is 3.72. The van der Waals surface area contributed by atoms with Crippen LogP contribution in [0.3, 0.4) is 0 Å². The second kappa shape index (κ2) is 17.0. The normalized spacial score (nSPS) is 10.6. The minimum atomic E-state index is 0. The van der Waals surface area contributed by atoms with Crippen LogP contribution in [0.4, 0.5) is 0 Å². The van der Waals surface area contributed by atoms with Gasteiger partial charge in [0.05, 0.1) is 0 Å². The van der Waals surface area contributed by atoms with Gasteiger partial charge < -0.3 is 6.08 Å². The molecule has 0 unspecified atom stereocenters. The monoisotopic (exact) mass is 694 g/mol. The summed E-state index contributed by atoms with van der Waals surface area (Å²) < 4.78 is 0. The first kappa shape index (κ1) is 35.1. The Morgan fingerprint density at radius 1 is 0.750 bits per heavy atom. The quantitative estimate of drug-likeness (QED) is 0.0764. The summed E-state index contributed by atoms with van der Waals surface area (Å²) in [6.45, 7) is 24.3. The SMILES string of the molecule is C=[C-]CCC=C.CC(C)(C)c1ccc2c(c1)[cH-]c1cc(C(C)(C)C)ccc12.[CH2-]c1ccccc1.[Hf+4].c1cc[cH-]c1. The van der Waals surface area contributed by atoms with E-state index in [1.165, 1.54) is 32.7 Å². The Bertz CT molecular complexity index is 1290. The van der Waals surface area contributed by atoms with Gasteiger partial charge in [-0.3, -0.25) is 6.58 Å². The minimum Gasteiger partial charge on any atom is -0.504 e. The van der Waals surface area contributed by atoms with Crippen molar-refractivity contribution in [1.29, 1.82) is 0 Å². The third-order valence-electron chi connectivity index (χ3n) is 6.36. The number of hydrogen-bond acceptors (Lipinski definition) is 0. The van der Waals surface area contributed by atoms with Crippen LogP contribution in [0, 0.1) is 13.0 Å². The van der Waals surface area contributed by atoms with E-state index in [1.807, 2.05) is 66.7 Å². The molecule has 0 amide bonds. The predicted octanol–water partition coefficient (Wildman–Crippen LogP) is 11.5. The van der Waals surface area contributed by atoms with E-state index >= 15 is 0 Å². The maximum absolute atomic E-state index is 3.72. The molecule has 0 fully saturated rings. The first-order valence-electron chi connectivity index (χ1n) is 13.8. The molecule has 1 heteroatoms. The van der Waals surface area contributed by atoms with Crippen LogP contribution in [-0.4, -0.2) is 0 Å². The van der Waals surface area contributed by atoms with Gasteiger partial charge in [-0.15, -0.1) is 58.5 Å². The van der Waals surface area contributed by atoms with Crippen molar-refractivity contribution < 1.29 is 25.8 Å². The Morgan fingerprint density at radius 3 is 1.50 bits per heavy atom. The van der Waals surface area contributed by atoms with Crippen LogP contribution in [0.1, 0.15) is 71.1 Å². The molecule has 0 aromatic heterocycles. The van der Waals surface area contributed by atoms with E-state index < -0.39 is 0 Å². The average molecular weight is 693 g/mol. The summed E-state index contributed by atoms with van der Waals surface area (Å²) in [6.07, 6.45) is 6.54. The van der Waals surface area contributed by atoms with E-state index in [-0.39, 0.29) is 36.7 Å². The number of unbranched alkanes of at least 4 members (excludes halogenated alkanes) is 1. The molecule has 0 atom stereocenters. The van der Waals surface area contributed by atoms with Crippen LogP contribution >= 0.6 is 0 Å². The Kier molecular flexibility index (Phi) is 15.0. The van der Waals surface area contributed by atoms with E-state index in [0.717, 1.165) is 18.4 Å². The zero-order valence-corrected chi connectivity index (χ0v) is 29.0. The number of hydrogen-bond donors (Lipinski definition) is 0. The molecule has 0 bridgehead atoms. The second-order valence-corrected chi connectivity index (χ2v) is 11.8. The number of fused-ring (bicyclic) bond motifs is 3. The van der Waals surface area contributed by atoms with Gasteiger partial charge in [0.2, 0.25) is 0 Å². The molecule has 0 aliphatic heterocycles. The van der Waals surface area contributed by atoms with Gasteiger partial charge in [0, 0.05) is 0 Å². The van der Waals surface area contributed by atoms with E-state index in [1.54, 1.807) is 0 Å². The van der Waals surface area contributed by atoms with E-state index in [4.69, 9.17) is 0 Å². The molecular formula is C39H46Hf. The third-order valence-corrected chi connectivity index (χ3v) is 6.36. The van der Waals surface area contributed by atoms with Crippen molar-refractivity contribution in [2.24, 2.45) is 0 Å². The first-order chi connectivity index (χ1) is 18.5. The van der Waals surface area contributed by atoms with Crippen molar-refractivity contribution in [3.63, 3.8) is 0 Å². The van der Waals surface area contributed by atoms with Gasteiger partial charge in [-0.2, -0.15) is 49.2 Å². The van der Waals surface area contributed by atoms with Crippen molar-refractivity contribution in [2.45, 2.75) is 65.2 Å². The Balaban J connectivity index is 0.000000343. The number of allylic oxidation sites excluding steroid dienone is 2. The molecule has 0 heterocycles. The first-order valence-corrected chi connectivity index (χ1v) is 13.8. The van der Waals surface area contributed by atoms with Crippen LogP contribution < -0.4 is 0 Å². The molecule has 0 saturated heterocycles. The van der Waals surface area contributed by atoms with Gasteiger partial charge >= 0.3 is 25.8 Å². The van der Waals surface area contributed by atoms with Crippen LogP contribution in [-0.2, 0) is 36.7 Å². The van der Waals surface area contributed by atoms with Crippen molar-refractivity contribution >= 4 is 21.5 Å². The van der Waals surface area contributed by atoms with Crippen LogP contribution in [0.2, 0.25) is 0 Å². The Morgan fingerprint density at radius 2 is 1.23 bits per heavy atom. The smallest absolute Gasteiger partial charge is 0.504 e. The van der Waals surface area contributed by atoms with Crippen molar-refractivity contribution in [3.8, 4) is 0 Å². The topological polar surface area (TPSA) is 0 Å². The van der Waals surface area contributed by atoms with Gasteiger partial charge in [-0.1, -0.05) is 95.5 Å². The zero-order chi connectivity index (χ0) is 28.9. The predicted molar refractivity (Wildman–Crippen MR) is 176 cm³/mol. The van der Waals surface area contributed by atoms with Crippen molar-refractivity contribution in [1.82, 2.24) is 0 Å². The molecule has 5 rings (SSSR count). The molecule has 5 aromatic carbocycles. The van der Waals surface area contributed by atoms with Gasteiger partial charge in [0.25, 0.3) is 0 Å². The molecule has 0 radical (unpaired) electrons. The van der Waals surface area contributed by atoms with Gasteiger partial charge in [-0.25, -0.2) is 12.1 Å². The molecule has 0 N–H and O–H groups in total. The molecule has 0 aliphatic rings. The van der Waals surface area contributed by atoms with Crippen molar-refractivity contribution in [3.05, 3.63) is 152 Å². The fourth-order valence-electron chi connectivity index (χ4n) is 3.96. The summed E-state index contributed by atoms with van der Waals surface area (Å²) in [6, 6.07) is 36.1. The number of benzene rings is 3. The number of rotatable bonds is 3. The van der Waals surface area contributed by atoms with Crippen LogP contribution in [0.15, 0.2) is 122 Å². The molecule has 0 nitrogen and oxygen atoms in total. The summed E-state index contributed by atoms with van der Waals surface area (Å²) >= 11 is 0. The molecule has 40 heavy (non-hydrogen) atoms. The van der Waals surface area contributed by atoms with Gasteiger partial charge in [0.1, 0.15) is 0 Å². The molecular weight excluding hydrogens is 647 g/mol. The maximum Gasteiger partial charge on any atom is 4.00 e. The van der Waals surface area contributed by atoms with Gasteiger partial charge in [-0.05, 0) is 10.8 Å². The molecule has 206 valence electrons. The molecule has 0 aliphatic carbocycles. The average Bonchev–Trinajstić information content (AvgIpc) is 3.59. The molecule has 0 spiro atoms. The zero-order valence-electron chi connectivity index (χ0n) is 25.4. The summed E-state index contributed by atoms with van der Waals surface area (Å²) in [5.41, 5.74) is 4.29. The Labute approximate surface area is 263 Å². The molecule has 0 saturated carbocycles. The summed E-state index contributed by atoms with van der Waals surface area (Å²) in [7, 11) is 0. The van der Waals surface area contributed by atoms with E-state index in [2.05, 4.69) is 110 Å². The summed E-state index contributed by atoms with van der Waals surface area (Å²) in [5, 5.41) is 5.48. The van der Waals surface area contributed by atoms with Crippen LogP contribution in [0.5, 0.6) is 0 Å². The van der Waals surface area contributed by atoms with E-state index in [9.17, 15) is 0 Å². The van der Waals surface area contributed by atoms with Crippen molar-refractivity contribution in [2.75, 3.05) is 0 Å². The second-order valence-electron chi connectivity index (χ2n) is 11.8. The summed E-state index contributed by atoms with van der Waals surface area (Å²) in [4.78, 5) is 0. The standard InChI is InChI=1S/C21H25.C7H7.C6H9.C5H5.Hf/c1-20(2,3)16-7-9-18-14(12-16)11-15-13-17(21(4,5)6)8-10-19(15)18;1-7-5-3-2-4-6-7;1-3-5-6-4-2;1-2-4-5-3-1;/h7-13H,1-6H3;2-6H,1H2;3H,1-2,5-6H2;1-5H;/q4*-1;+4. The Hall–Kier alpha value is -2.90. The van der Waals surface area contributed by atoms with Crippen LogP contribution in [0.25, 0.3) is 21.5 Å². The third kappa shape index (κ3) is 11.7. The largest absolute Gasteiger partial charge is 4.00 e. The molecule has 5 aromatic rings. The fraction of sp³-hybridized carbons (Fsp3) is 0.256. The van der Waals surface area contributed by atoms with Gasteiger partial charge in [0.15, 0.2) is 0 Å². The van der Waals surface area contributed by atoms with E-state index in [0.29, 0.717) is 0 Å².